The maximum absolute atomic E-state index is 12.2. The fourth-order valence-corrected chi connectivity index (χ4v) is 3.45. The van der Waals surface area contributed by atoms with Gasteiger partial charge in [-0.05, 0) is 62.1 Å². The second kappa shape index (κ2) is 8.09. The van der Waals surface area contributed by atoms with Crippen molar-refractivity contribution in [2.45, 2.75) is 39.5 Å². The highest BCUT2D eigenvalue weighted by atomic mass is 16.5. The molecule has 1 aliphatic rings. The highest BCUT2D eigenvalue weighted by Crippen LogP contribution is 2.24. The van der Waals surface area contributed by atoms with Crippen LogP contribution in [0.1, 0.15) is 41.6 Å². The first-order valence-corrected chi connectivity index (χ1v) is 9.14. The molecule has 1 aromatic heterocycles. The van der Waals surface area contributed by atoms with Gasteiger partial charge >= 0.3 is 5.97 Å². The molecule has 1 aliphatic heterocycles. The van der Waals surface area contributed by atoms with Gasteiger partial charge in [-0.25, -0.2) is 0 Å². The largest absolute Gasteiger partial charge is 0.427 e. The molecular formula is C21H21N3O4. The Morgan fingerprint density at radius 3 is 2.57 bits per heavy atom. The fraction of sp³-hybridized carbons (Fsp3) is 0.333. The number of benzene rings is 1. The van der Waals surface area contributed by atoms with Gasteiger partial charge in [0.05, 0.1) is 6.42 Å². The zero-order chi connectivity index (χ0) is 20.3. The molecule has 1 N–H and O–H groups in total. The normalized spacial score (nSPS) is 13.5. The van der Waals surface area contributed by atoms with E-state index in [-0.39, 0.29) is 17.9 Å². The zero-order valence-electron chi connectivity index (χ0n) is 15.9. The van der Waals surface area contributed by atoms with Crippen molar-refractivity contribution < 1.29 is 14.3 Å². The average Bonchev–Trinajstić information content (AvgIpc) is 3.08. The third-order valence-electron chi connectivity index (χ3n) is 4.95. The number of carbonyl (C=O) groups is 2. The number of anilines is 1. The minimum absolute atomic E-state index is 0.0704. The third kappa shape index (κ3) is 3.96. The smallest absolute Gasteiger partial charge is 0.311 e. The highest BCUT2D eigenvalue weighted by Gasteiger charge is 2.21. The molecule has 0 aliphatic carbocycles. The molecule has 2 heterocycles. The molecule has 2 aromatic rings. The van der Waals surface area contributed by atoms with Gasteiger partial charge in [-0.1, -0.05) is 0 Å². The molecule has 1 fully saturated rings. The van der Waals surface area contributed by atoms with Crippen molar-refractivity contribution in [3.8, 4) is 11.8 Å². The summed E-state index contributed by atoms with van der Waals surface area (Å²) in [6.07, 6.45) is 1.90. The van der Waals surface area contributed by atoms with Gasteiger partial charge in [-0.15, -0.1) is 0 Å². The van der Waals surface area contributed by atoms with Crippen molar-refractivity contribution in [3.63, 3.8) is 0 Å². The van der Waals surface area contributed by atoms with Gasteiger partial charge < -0.3 is 14.6 Å². The Kier molecular flexibility index (Phi) is 5.59. The number of aromatic nitrogens is 1. The summed E-state index contributed by atoms with van der Waals surface area (Å²) in [5.41, 5.74) is 2.47. The molecular weight excluding hydrogens is 358 g/mol. The second-order valence-electron chi connectivity index (χ2n) is 6.79. The zero-order valence-corrected chi connectivity index (χ0v) is 15.9. The maximum atomic E-state index is 12.2. The van der Waals surface area contributed by atoms with Crippen molar-refractivity contribution in [3.05, 3.63) is 57.0 Å². The lowest BCUT2D eigenvalue weighted by Gasteiger charge is -2.16. The van der Waals surface area contributed by atoms with E-state index >= 15 is 0 Å². The summed E-state index contributed by atoms with van der Waals surface area (Å²) < 4.78 is 5.36. The van der Waals surface area contributed by atoms with E-state index in [1.165, 1.54) is 0 Å². The molecule has 3 rings (SSSR count). The molecule has 144 valence electrons. The summed E-state index contributed by atoms with van der Waals surface area (Å²) in [5.74, 6) is 0.106. The van der Waals surface area contributed by atoms with Crippen LogP contribution < -0.4 is 15.2 Å². The molecule has 1 aromatic carbocycles. The fourth-order valence-electron chi connectivity index (χ4n) is 3.45. The number of hydrogen-bond donors (Lipinski definition) is 1. The van der Waals surface area contributed by atoms with E-state index in [1.54, 1.807) is 43.0 Å². The number of aromatic amines is 1. The number of nitrogens with zero attached hydrogens (tertiary/aromatic N) is 2. The Labute approximate surface area is 162 Å². The lowest BCUT2D eigenvalue weighted by atomic mass is 9.99. The minimum atomic E-state index is -0.416. The van der Waals surface area contributed by atoms with Crippen molar-refractivity contribution in [2.24, 2.45) is 0 Å². The highest BCUT2D eigenvalue weighted by molar-refractivity contribution is 5.95. The van der Waals surface area contributed by atoms with Gasteiger partial charge in [0.15, 0.2) is 0 Å². The Morgan fingerprint density at radius 2 is 1.96 bits per heavy atom. The number of carbonyl (C=O) groups excluding carboxylic acids is 2. The molecule has 1 saturated heterocycles. The lowest BCUT2D eigenvalue weighted by Crippen LogP contribution is -2.23. The van der Waals surface area contributed by atoms with Crippen LogP contribution in [0.4, 0.5) is 5.69 Å². The van der Waals surface area contributed by atoms with Crippen molar-refractivity contribution in [2.75, 3.05) is 11.4 Å². The number of H-pyrrole nitrogens is 1. The SMILES string of the molecule is Cc1[nH]c(=O)c(C#N)c(C)c1CCC(=O)Oc1ccc(N2CCCC2=O)cc1. The Bertz CT molecular complexity index is 1020. The number of nitriles is 1. The summed E-state index contributed by atoms with van der Waals surface area (Å²) in [7, 11) is 0. The summed E-state index contributed by atoms with van der Waals surface area (Å²) in [6, 6.07) is 8.77. The van der Waals surface area contributed by atoms with E-state index in [4.69, 9.17) is 10.00 Å². The van der Waals surface area contributed by atoms with E-state index in [2.05, 4.69) is 4.98 Å². The number of amides is 1. The van der Waals surface area contributed by atoms with E-state index in [0.717, 1.165) is 17.7 Å². The number of ether oxygens (including phenoxy) is 1. The van der Waals surface area contributed by atoms with Crippen molar-refractivity contribution in [1.82, 2.24) is 4.98 Å². The topological polar surface area (TPSA) is 103 Å². The van der Waals surface area contributed by atoms with Crippen LogP contribution in [0, 0.1) is 25.2 Å². The van der Waals surface area contributed by atoms with Crippen LogP contribution in [-0.2, 0) is 16.0 Å². The molecule has 0 bridgehead atoms. The van der Waals surface area contributed by atoms with Crippen LogP contribution in [0.5, 0.6) is 5.75 Å². The van der Waals surface area contributed by atoms with Crippen molar-refractivity contribution >= 4 is 17.6 Å². The van der Waals surface area contributed by atoms with Crippen LogP contribution in [0.3, 0.4) is 0 Å². The minimum Gasteiger partial charge on any atom is -0.427 e. The Hall–Kier alpha value is -3.40. The lowest BCUT2D eigenvalue weighted by molar-refractivity contribution is -0.134. The number of hydrogen-bond acceptors (Lipinski definition) is 5. The molecule has 0 radical (unpaired) electrons. The molecule has 0 unspecified atom stereocenters. The predicted octanol–water partition coefficient (Wildman–Crippen LogP) is 2.53. The number of pyridine rings is 1. The first-order chi connectivity index (χ1) is 13.4. The standard InChI is InChI=1S/C21H21N3O4/c1-13-17(14(2)23-21(27)18(13)12-22)9-10-20(26)28-16-7-5-15(6-8-16)24-11-3-4-19(24)25/h5-8H,3-4,9-11H2,1-2H3,(H,23,27). The van der Waals surface area contributed by atoms with E-state index in [1.807, 2.05) is 6.07 Å². The molecule has 7 nitrogen and oxygen atoms in total. The monoisotopic (exact) mass is 379 g/mol. The molecule has 0 saturated carbocycles. The number of aryl methyl sites for hydroxylation is 1. The Balaban J connectivity index is 1.63. The van der Waals surface area contributed by atoms with E-state index in [0.29, 0.717) is 36.4 Å². The van der Waals surface area contributed by atoms with Gasteiger partial charge in [0.1, 0.15) is 17.4 Å². The summed E-state index contributed by atoms with van der Waals surface area (Å²) >= 11 is 0. The summed E-state index contributed by atoms with van der Waals surface area (Å²) in [5, 5.41) is 9.12. The first-order valence-electron chi connectivity index (χ1n) is 9.14. The van der Waals surface area contributed by atoms with Crippen LogP contribution in [0.15, 0.2) is 29.1 Å². The van der Waals surface area contributed by atoms with Gasteiger partial charge in [0.2, 0.25) is 5.91 Å². The van der Waals surface area contributed by atoms with Crippen LogP contribution >= 0.6 is 0 Å². The number of nitrogens with one attached hydrogen (secondary N) is 1. The summed E-state index contributed by atoms with van der Waals surface area (Å²) in [4.78, 5) is 40.1. The van der Waals surface area contributed by atoms with Gasteiger partial charge in [-0.3, -0.25) is 14.4 Å². The number of esters is 1. The molecule has 7 heteroatoms. The molecule has 0 spiro atoms. The first kappa shape index (κ1) is 19.4. The predicted molar refractivity (Wildman–Crippen MR) is 103 cm³/mol. The molecule has 28 heavy (non-hydrogen) atoms. The molecule has 1 amide bonds. The van der Waals surface area contributed by atoms with Crippen LogP contribution in [0.25, 0.3) is 0 Å². The summed E-state index contributed by atoms with van der Waals surface area (Å²) in [6.45, 7) is 4.16. The number of rotatable bonds is 5. The maximum Gasteiger partial charge on any atom is 0.311 e. The Morgan fingerprint density at radius 1 is 1.25 bits per heavy atom. The quantitative estimate of drug-likeness (QED) is 0.635. The average molecular weight is 379 g/mol. The van der Waals surface area contributed by atoms with Gasteiger partial charge in [0, 0.05) is 24.3 Å². The second-order valence-corrected chi connectivity index (χ2v) is 6.79. The van der Waals surface area contributed by atoms with Gasteiger partial charge in [0.25, 0.3) is 5.56 Å². The van der Waals surface area contributed by atoms with E-state index < -0.39 is 11.5 Å². The third-order valence-corrected chi connectivity index (χ3v) is 4.95. The van der Waals surface area contributed by atoms with Crippen LogP contribution in [0.2, 0.25) is 0 Å². The molecule has 0 atom stereocenters. The van der Waals surface area contributed by atoms with Crippen molar-refractivity contribution in [1.29, 1.82) is 5.26 Å². The van der Waals surface area contributed by atoms with Gasteiger partial charge in [-0.2, -0.15) is 5.26 Å². The van der Waals surface area contributed by atoms with Crippen LogP contribution in [-0.4, -0.2) is 23.4 Å². The van der Waals surface area contributed by atoms with E-state index in [9.17, 15) is 14.4 Å².